The molecule has 0 atom stereocenters. The number of halogens is 2. The second-order valence-corrected chi connectivity index (χ2v) is 4.67. The first-order valence-electron chi connectivity index (χ1n) is 4.69. The van der Waals surface area contributed by atoms with Crippen LogP contribution in [0.1, 0.15) is 14.8 Å². The summed E-state index contributed by atoms with van der Waals surface area (Å²) in [5, 5.41) is 0. The molecule has 0 bridgehead atoms. The van der Waals surface area contributed by atoms with Gasteiger partial charge in [-0.05, 0) is 0 Å². The predicted molar refractivity (Wildman–Crippen MR) is 69.2 cm³/mol. The molecule has 2 aromatic rings. The average Bonchev–Trinajstić information content (AvgIpc) is 2.30. The van der Waals surface area contributed by atoms with Crippen molar-refractivity contribution in [1.82, 2.24) is 0 Å². The van der Waals surface area contributed by atoms with Crippen LogP contribution in [0.2, 0.25) is 0 Å². The summed E-state index contributed by atoms with van der Waals surface area (Å²) in [6, 6.07) is 21.4. The molecule has 0 fully saturated rings. The number of rotatable bonds is 2. The predicted octanol–water partition coefficient (Wildman–Crippen LogP) is 4.17. The first-order valence-corrected chi connectivity index (χ1v) is 6.11. The molecule has 0 saturated heterocycles. The minimum absolute atomic E-state index is 0. The third kappa shape index (κ3) is 4.05. The van der Waals surface area contributed by atoms with E-state index in [4.69, 9.17) is 0 Å². The summed E-state index contributed by atoms with van der Waals surface area (Å²) in [7, 11) is 0. The van der Waals surface area contributed by atoms with E-state index in [0.717, 1.165) is 0 Å². The van der Waals surface area contributed by atoms with Crippen molar-refractivity contribution in [2.45, 2.75) is 3.63 Å². The van der Waals surface area contributed by atoms with E-state index in [1.54, 1.807) is 24.7 Å². The first-order chi connectivity index (χ1) is 6.88. The fourth-order valence-electron chi connectivity index (χ4n) is 1.48. The third-order valence-electron chi connectivity index (χ3n) is 2.27. The minimum atomic E-state index is 0. The standard InChI is InChI=1S/C13H11.2ClH.Zr/c1-3-7-12(8-4-1)11-13-9-5-2-6-10-13;;;/h1-11H;2*1H;. The second-order valence-electron chi connectivity index (χ2n) is 3.25. The molecule has 0 aliphatic carbocycles. The van der Waals surface area contributed by atoms with E-state index in [2.05, 4.69) is 60.7 Å². The Morgan fingerprint density at radius 3 is 1.25 bits per heavy atom. The Bertz CT molecular complexity index is 350. The van der Waals surface area contributed by atoms with Crippen LogP contribution in [0.4, 0.5) is 0 Å². The van der Waals surface area contributed by atoms with Crippen molar-refractivity contribution in [3.05, 3.63) is 71.8 Å². The molecule has 16 heavy (non-hydrogen) atoms. The van der Waals surface area contributed by atoms with E-state index in [9.17, 15) is 0 Å². The number of hydrogen-bond donors (Lipinski definition) is 0. The van der Waals surface area contributed by atoms with Gasteiger partial charge in [-0.25, -0.2) is 0 Å². The molecule has 3 heteroatoms. The van der Waals surface area contributed by atoms with Crippen LogP contribution in [-0.2, 0) is 24.7 Å². The SMILES string of the molecule is Cl.Cl.[Zr][CH](c1ccccc1)c1ccccc1. The maximum absolute atomic E-state index is 2.20. The van der Waals surface area contributed by atoms with Crippen LogP contribution in [0.15, 0.2) is 60.7 Å². The van der Waals surface area contributed by atoms with Gasteiger partial charge in [-0.15, -0.1) is 24.8 Å². The Kier molecular flexibility index (Phi) is 8.01. The fraction of sp³-hybridized carbons (Fsp3) is 0.0769. The molecule has 0 aromatic heterocycles. The summed E-state index contributed by atoms with van der Waals surface area (Å²) >= 11 is 1.54. The summed E-state index contributed by atoms with van der Waals surface area (Å²) < 4.78 is 0.574. The average molecular weight is 331 g/mol. The van der Waals surface area contributed by atoms with Crippen molar-refractivity contribution >= 4 is 24.8 Å². The Morgan fingerprint density at radius 1 is 0.625 bits per heavy atom. The Labute approximate surface area is 124 Å². The monoisotopic (exact) mass is 329 g/mol. The van der Waals surface area contributed by atoms with Gasteiger partial charge in [0.05, 0.1) is 0 Å². The molecule has 0 saturated carbocycles. The van der Waals surface area contributed by atoms with Crippen molar-refractivity contribution in [2.75, 3.05) is 0 Å². The van der Waals surface area contributed by atoms with Crippen LogP contribution >= 0.6 is 24.8 Å². The molecule has 2 rings (SSSR count). The van der Waals surface area contributed by atoms with Gasteiger partial charge in [-0.1, -0.05) is 0 Å². The molecule has 0 spiro atoms. The Hall–Kier alpha value is -0.0969. The maximum atomic E-state index is 2.20. The zero-order valence-corrected chi connectivity index (χ0v) is 12.8. The summed E-state index contributed by atoms with van der Waals surface area (Å²) in [6.45, 7) is 0. The normalized spacial score (nSPS) is 9.00. The number of hydrogen-bond acceptors (Lipinski definition) is 0. The van der Waals surface area contributed by atoms with E-state index in [1.165, 1.54) is 11.1 Å². The van der Waals surface area contributed by atoms with Gasteiger partial charge in [0.1, 0.15) is 0 Å². The van der Waals surface area contributed by atoms with Crippen LogP contribution < -0.4 is 0 Å². The number of benzene rings is 2. The van der Waals surface area contributed by atoms with Gasteiger partial charge in [0.25, 0.3) is 0 Å². The topological polar surface area (TPSA) is 0 Å². The molecule has 0 N–H and O–H groups in total. The van der Waals surface area contributed by atoms with Crippen molar-refractivity contribution in [3.8, 4) is 0 Å². The fourth-order valence-corrected chi connectivity index (χ4v) is 2.43. The van der Waals surface area contributed by atoms with Crippen molar-refractivity contribution < 1.29 is 24.7 Å². The van der Waals surface area contributed by atoms with Crippen molar-refractivity contribution in [3.63, 3.8) is 0 Å². The zero-order valence-electron chi connectivity index (χ0n) is 8.67. The van der Waals surface area contributed by atoms with Gasteiger partial charge < -0.3 is 0 Å². The van der Waals surface area contributed by atoms with E-state index < -0.39 is 0 Å². The molecule has 0 aliphatic rings. The van der Waals surface area contributed by atoms with Crippen LogP contribution in [0.5, 0.6) is 0 Å². The molecule has 83 valence electrons. The van der Waals surface area contributed by atoms with Crippen molar-refractivity contribution in [1.29, 1.82) is 0 Å². The van der Waals surface area contributed by atoms with Gasteiger partial charge >= 0.3 is 100 Å². The van der Waals surface area contributed by atoms with E-state index in [-0.39, 0.29) is 24.8 Å². The molecule has 0 nitrogen and oxygen atoms in total. The van der Waals surface area contributed by atoms with E-state index in [0.29, 0.717) is 3.63 Å². The van der Waals surface area contributed by atoms with Gasteiger partial charge in [-0.2, -0.15) is 0 Å². The summed E-state index contributed by atoms with van der Waals surface area (Å²) in [4.78, 5) is 0. The summed E-state index contributed by atoms with van der Waals surface area (Å²) in [6.07, 6.45) is 0. The van der Waals surface area contributed by atoms with Crippen LogP contribution in [0, 0.1) is 0 Å². The summed E-state index contributed by atoms with van der Waals surface area (Å²) in [5.41, 5.74) is 2.83. The molecule has 0 heterocycles. The Morgan fingerprint density at radius 2 is 0.938 bits per heavy atom. The molecule has 0 unspecified atom stereocenters. The van der Waals surface area contributed by atoms with Crippen LogP contribution in [0.25, 0.3) is 0 Å². The van der Waals surface area contributed by atoms with Gasteiger partial charge in [0.15, 0.2) is 0 Å². The molecule has 2 aromatic carbocycles. The molecular formula is C13H13Cl2Zr. The molecule has 0 radical (unpaired) electrons. The zero-order chi connectivity index (χ0) is 9.80. The quantitative estimate of drug-likeness (QED) is 0.775. The van der Waals surface area contributed by atoms with Gasteiger partial charge in [0.2, 0.25) is 0 Å². The van der Waals surface area contributed by atoms with Crippen LogP contribution in [-0.4, -0.2) is 0 Å². The Balaban J connectivity index is 0.00000112. The van der Waals surface area contributed by atoms with Gasteiger partial charge in [0, 0.05) is 0 Å². The third-order valence-corrected chi connectivity index (χ3v) is 3.90. The van der Waals surface area contributed by atoms with E-state index >= 15 is 0 Å². The molecule has 0 amide bonds. The van der Waals surface area contributed by atoms with Crippen LogP contribution in [0.3, 0.4) is 0 Å². The molecule has 0 aliphatic heterocycles. The van der Waals surface area contributed by atoms with Gasteiger partial charge in [-0.3, -0.25) is 0 Å². The second kappa shape index (κ2) is 8.06. The first kappa shape index (κ1) is 15.9. The van der Waals surface area contributed by atoms with E-state index in [1.807, 2.05) is 0 Å². The molecular weight excluding hydrogens is 318 g/mol. The van der Waals surface area contributed by atoms with Crippen molar-refractivity contribution in [2.24, 2.45) is 0 Å². The summed E-state index contributed by atoms with van der Waals surface area (Å²) in [5.74, 6) is 0.